The van der Waals surface area contributed by atoms with E-state index in [9.17, 15) is 8.78 Å². The van der Waals surface area contributed by atoms with Gasteiger partial charge in [0.2, 0.25) is 0 Å². The minimum atomic E-state index is -0.704. The molecule has 1 aliphatic heterocycles. The second-order valence-electron chi connectivity index (χ2n) is 8.56. The Morgan fingerprint density at radius 3 is 2.58 bits per heavy atom. The van der Waals surface area contributed by atoms with Crippen molar-refractivity contribution in [2.45, 2.75) is 19.4 Å². The molecule has 3 heterocycles. The lowest BCUT2D eigenvalue weighted by Gasteiger charge is -2.37. The van der Waals surface area contributed by atoms with Crippen LogP contribution in [0.3, 0.4) is 0 Å². The topological polar surface area (TPSA) is 80.0 Å². The van der Waals surface area contributed by atoms with E-state index in [1.807, 2.05) is 24.3 Å². The van der Waals surface area contributed by atoms with Crippen molar-refractivity contribution in [2.24, 2.45) is 11.7 Å². The van der Waals surface area contributed by atoms with E-state index in [0.717, 1.165) is 36.3 Å². The number of hydrogen-bond acceptors (Lipinski definition) is 6. The van der Waals surface area contributed by atoms with Crippen LogP contribution < -0.4 is 16.0 Å². The number of pyridine rings is 1. The largest absolute Gasteiger partial charge is 0.368 e. The number of piperidine rings is 1. The summed E-state index contributed by atoms with van der Waals surface area (Å²) in [5, 5.41) is 4.18. The van der Waals surface area contributed by atoms with Crippen molar-refractivity contribution >= 4 is 28.0 Å². The quantitative estimate of drug-likeness (QED) is 0.465. The number of para-hydroxylation sites is 1. The van der Waals surface area contributed by atoms with Gasteiger partial charge in [0.25, 0.3) is 0 Å². The van der Waals surface area contributed by atoms with Crippen LogP contribution in [0.1, 0.15) is 13.3 Å². The fourth-order valence-electron chi connectivity index (χ4n) is 4.49. The third kappa shape index (κ3) is 4.21. The Labute approximate surface area is 190 Å². The zero-order valence-corrected chi connectivity index (χ0v) is 18.2. The molecule has 2 aromatic carbocycles. The maximum atomic E-state index is 14.3. The first-order chi connectivity index (χ1) is 16.0. The standard InChI is InChI=1S/C25H24F2N6/c1-15-10-17(28)14-33(13-15)22-8-9-29-12-21(22)31-20-7-2-4-16-11-30-25(32-24(16)20)23-18(26)5-3-6-19(23)27/h2-9,11-12,15,17,31H,10,13-14,28H2,1H3. The second kappa shape index (κ2) is 8.71. The predicted octanol–water partition coefficient (Wildman–Crippen LogP) is 4.89. The van der Waals surface area contributed by atoms with Crippen LogP contribution in [0, 0.1) is 17.6 Å². The molecule has 0 amide bonds. The van der Waals surface area contributed by atoms with Gasteiger partial charge in [-0.25, -0.2) is 18.7 Å². The van der Waals surface area contributed by atoms with Gasteiger partial charge in [-0.05, 0) is 36.6 Å². The minimum Gasteiger partial charge on any atom is -0.368 e. The molecule has 1 fully saturated rings. The van der Waals surface area contributed by atoms with Gasteiger partial charge >= 0.3 is 0 Å². The summed E-state index contributed by atoms with van der Waals surface area (Å²) in [6, 6.07) is 11.4. The lowest BCUT2D eigenvalue weighted by Crippen LogP contribution is -2.46. The number of nitrogens with one attached hydrogen (secondary N) is 1. The van der Waals surface area contributed by atoms with Crippen LogP contribution >= 0.6 is 0 Å². The van der Waals surface area contributed by atoms with Crippen LogP contribution in [0.2, 0.25) is 0 Å². The van der Waals surface area contributed by atoms with E-state index < -0.39 is 11.6 Å². The molecule has 168 valence electrons. The number of anilines is 3. The van der Waals surface area contributed by atoms with Crippen LogP contribution in [0.25, 0.3) is 22.3 Å². The molecule has 1 aliphatic rings. The highest BCUT2D eigenvalue weighted by molar-refractivity contribution is 5.93. The van der Waals surface area contributed by atoms with Crippen molar-refractivity contribution in [3.8, 4) is 11.4 Å². The number of fused-ring (bicyclic) bond motifs is 1. The lowest BCUT2D eigenvalue weighted by atomic mass is 9.96. The summed E-state index contributed by atoms with van der Waals surface area (Å²) < 4.78 is 28.7. The van der Waals surface area contributed by atoms with Gasteiger partial charge in [0.05, 0.1) is 34.3 Å². The molecule has 2 atom stereocenters. The summed E-state index contributed by atoms with van der Waals surface area (Å²) in [6.45, 7) is 3.86. The molecule has 2 aromatic heterocycles. The molecule has 0 spiro atoms. The van der Waals surface area contributed by atoms with Crippen LogP contribution in [0.15, 0.2) is 61.1 Å². The van der Waals surface area contributed by atoms with Gasteiger partial charge < -0.3 is 16.0 Å². The number of rotatable bonds is 4. The number of aromatic nitrogens is 3. The summed E-state index contributed by atoms with van der Waals surface area (Å²) in [4.78, 5) is 15.3. The van der Waals surface area contributed by atoms with Crippen molar-refractivity contribution in [2.75, 3.05) is 23.3 Å². The molecule has 8 heteroatoms. The van der Waals surface area contributed by atoms with Crippen molar-refractivity contribution in [3.05, 3.63) is 72.7 Å². The first-order valence-electron chi connectivity index (χ1n) is 10.9. The zero-order valence-electron chi connectivity index (χ0n) is 18.2. The SMILES string of the molecule is CC1CC(N)CN(c2ccncc2Nc2cccc3cnc(-c4c(F)cccc4F)nc23)C1. The van der Waals surface area contributed by atoms with E-state index in [-0.39, 0.29) is 17.4 Å². The second-order valence-corrected chi connectivity index (χ2v) is 8.56. The highest BCUT2D eigenvalue weighted by Gasteiger charge is 2.24. The fourth-order valence-corrected chi connectivity index (χ4v) is 4.49. The highest BCUT2D eigenvalue weighted by Crippen LogP contribution is 2.34. The Morgan fingerprint density at radius 1 is 1.00 bits per heavy atom. The van der Waals surface area contributed by atoms with Crippen molar-refractivity contribution in [3.63, 3.8) is 0 Å². The zero-order chi connectivity index (χ0) is 22.9. The molecule has 2 unspecified atom stereocenters. The third-order valence-corrected chi connectivity index (χ3v) is 5.90. The Morgan fingerprint density at radius 2 is 1.79 bits per heavy atom. The van der Waals surface area contributed by atoms with E-state index in [4.69, 9.17) is 5.73 Å². The average molecular weight is 447 g/mol. The van der Waals surface area contributed by atoms with Gasteiger partial charge in [0.1, 0.15) is 11.6 Å². The molecule has 0 saturated carbocycles. The number of nitrogens with zero attached hydrogens (tertiary/aromatic N) is 4. The summed E-state index contributed by atoms with van der Waals surface area (Å²) in [5.74, 6) is -0.928. The Hall–Kier alpha value is -3.65. The van der Waals surface area contributed by atoms with Crippen LogP contribution in [0.5, 0.6) is 0 Å². The van der Waals surface area contributed by atoms with E-state index in [2.05, 4.69) is 32.1 Å². The molecule has 0 aliphatic carbocycles. The molecule has 0 radical (unpaired) electrons. The number of hydrogen-bond donors (Lipinski definition) is 2. The maximum Gasteiger partial charge on any atom is 0.165 e. The molecule has 0 bridgehead atoms. The number of nitrogens with two attached hydrogens (primary N) is 1. The maximum absolute atomic E-state index is 14.3. The smallest absolute Gasteiger partial charge is 0.165 e. The van der Waals surface area contributed by atoms with E-state index in [0.29, 0.717) is 17.1 Å². The molecule has 1 saturated heterocycles. The Balaban J connectivity index is 1.56. The number of halogens is 2. The third-order valence-electron chi connectivity index (χ3n) is 5.90. The van der Waals surface area contributed by atoms with Gasteiger partial charge in [-0.1, -0.05) is 25.1 Å². The lowest BCUT2D eigenvalue weighted by molar-refractivity contribution is 0.402. The highest BCUT2D eigenvalue weighted by atomic mass is 19.1. The van der Waals surface area contributed by atoms with Crippen LogP contribution in [-0.2, 0) is 0 Å². The predicted molar refractivity (Wildman–Crippen MR) is 126 cm³/mol. The first kappa shape index (κ1) is 21.2. The van der Waals surface area contributed by atoms with Gasteiger partial charge in [0, 0.05) is 36.9 Å². The molecule has 4 aromatic rings. The molecule has 6 nitrogen and oxygen atoms in total. The Kier molecular flexibility index (Phi) is 5.60. The monoisotopic (exact) mass is 446 g/mol. The minimum absolute atomic E-state index is 0.00501. The van der Waals surface area contributed by atoms with Crippen LogP contribution in [-0.4, -0.2) is 34.1 Å². The fraction of sp³-hybridized carbons (Fsp3) is 0.240. The Bertz CT molecular complexity index is 1280. The van der Waals surface area contributed by atoms with Gasteiger partial charge in [0.15, 0.2) is 5.82 Å². The van der Waals surface area contributed by atoms with E-state index in [1.165, 1.54) is 18.2 Å². The van der Waals surface area contributed by atoms with Gasteiger partial charge in [-0.15, -0.1) is 0 Å². The van der Waals surface area contributed by atoms with Crippen LogP contribution in [0.4, 0.5) is 25.8 Å². The normalized spacial score (nSPS) is 18.5. The van der Waals surface area contributed by atoms with E-state index >= 15 is 0 Å². The molecular formula is C25H24F2N6. The number of benzene rings is 2. The van der Waals surface area contributed by atoms with E-state index in [1.54, 1.807) is 18.6 Å². The van der Waals surface area contributed by atoms with Crippen molar-refractivity contribution in [1.82, 2.24) is 15.0 Å². The van der Waals surface area contributed by atoms with Crippen molar-refractivity contribution < 1.29 is 8.78 Å². The van der Waals surface area contributed by atoms with Crippen molar-refractivity contribution in [1.29, 1.82) is 0 Å². The average Bonchev–Trinajstić information content (AvgIpc) is 2.79. The summed E-state index contributed by atoms with van der Waals surface area (Å²) >= 11 is 0. The first-order valence-corrected chi connectivity index (χ1v) is 10.9. The summed E-state index contributed by atoms with van der Waals surface area (Å²) in [6.07, 6.45) is 6.09. The molecule has 3 N–H and O–H groups in total. The molecular weight excluding hydrogens is 422 g/mol. The molecule has 5 rings (SSSR count). The summed E-state index contributed by atoms with van der Waals surface area (Å²) in [7, 11) is 0. The van der Waals surface area contributed by atoms with Gasteiger partial charge in [-0.3, -0.25) is 4.98 Å². The summed E-state index contributed by atoms with van der Waals surface area (Å²) in [5.41, 5.74) is 9.08. The molecule has 33 heavy (non-hydrogen) atoms. The van der Waals surface area contributed by atoms with Gasteiger partial charge in [-0.2, -0.15) is 0 Å².